The van der Waals surface area contributed by atoms with Gasteiger partial charge in [0.2, 0.25) is 5.91 Å². The van der Waals surface area contributed by atoms with Gasteiger partial charge in [0, 0.05) is 18.2 Å². The van der Waals surface area contributed by atoms with Crippen molar-refractivity contribution in [3.8, 4) is 5.75 Å². The van der Waals surface area contributed by atoms with Crippen molar-refractivity contribution in [2.75, 3.05) is 17.2 Å². The van der Waals surface area contributed by atoms with Crippen LogP contribution in [0.25, 0.3) is 0 Å². The van der Waals surface area contributed by atoms with Gasteiger partial charge in [-0.3, -0.25) is 9.59 Å². The van der Waals surface area contributed by atoms with E-state index in [1.54, 1.807) is 19.9 Å². The molecule has 29 heavy (non-hydrogen) atoms. The molecule has 1 aliphatic heterocycles. The summed E-state index contributed by atoms with van der Waals surface area (Å²) < 4.78 is 44.9. The van der Waals surface area contributed by atoms with E-state index in [0.29, 0.717) is 16.8 Å². The third-order valence-corrected chi connectivity index (χ3v) is 6.95. The molecule has 0 radical (unpaired) electrons. The maximum absolute atomic E-state index is 13.6. The zero-order chi connectivity index (χ0) is 21.3. The fraction of sp³-hybridized carbons (Fsp3) is 0.300. The molecular formula is C20H21FN2O5S. The second kappa shape index (κ2) is 7.82. The number of hydrogen-bond donors (Lipinski definition) is 2. The van der Waals surface area contributed by atoms with Crippen LogP contribution >= 0.6 is 0 Å². The third-order valence-electron chi connectivity index (χ3n) is 4.67. The molecular weight excluding hydrogens is 399 g/mol. The van der Waals surface area contributed by atoms with E-state index in [2.05, 4.69) is 10.6 Å². The molecule has 2 amide bonds. The summed E-state index contributed by atoms with van der Waals surface area (Å²) in [4.78, 5) is 23.7. The highest BCUT2D eigenvalue weighted by atomic mass is 32.2. The molecule has 2 aromatic carbocycles. The normalized spacial score (nSPS) is 14.4. The molecule has 2 N–H and O–H groups in total. The lowest BCUT2D eigenvalue weighted by Gasteiger charge is -2.21. The number of carbonyl (C=O) groups is 2. The van der Waals surface area contributed by atoms with Gasteiger partial charge in [0.25, 0.3) is 5.91 Å². The van der Waals surface area contributed by atoms with Crippen molar-refractivity contribution >= 4 is 33.0 Å². The van der Waals surface area contributed by atoms with Crippen LogP contribution in [0, 0.1) is 19.7 Å². The highest BCUT2D eigenvalue weighted by Crippen LogP contribution is 2.34. The number of halogens is 1. The van der Waals surface area contributed by atoms with Crippen molar-refractivity contribution in [2.45, 2.75) is 37.3 Å². The highest BCUT2D eigenvalue weighted by molar-refractivity contribution is 7.92. The Kier molecular flexibility index (Phi) is 5.61. The number of anilines is 2. The molecule has 0 spiro atoms. The first-order valence-electron chi connectivity index (χ1n) is 8.95. The van der Waals surface area contributed by atoms with Crippen LogP contribution in [0.4, 0.5) is 15.8 Å². The first-order valence-corrected chi connectivity index (χ1v) is 10.5. The molecule has 3 rings (SSSR count). The van der Waals surface area contributed by atoms with E-state index in [1.165, 1.54) is 31.2 Å². The zero-order valence-electron chi connectivity index (χ0n) is 16.2. The van der Waals surface area contributed by atoms with Crippen LogP contribution in [0.5, 0.6) is 5.75 Å². The van der Waals surface area contributed by atoms with Crippen LogP contribution in [-0.2, 0) is 19.4 Å². The number of aryl methyl sites for hydroxylation is 2. The average Bonchev–Trinajstić information content (AvgIpc) is 2.63. The van der Waals surface area contributed by atoms with Crippen LogP contribution in [0.3, 0.4) is 0 Å². The summed E-state index contributed by atoms with van der Waals surface area (Å²) >= 11 is 0. The van der Waals surface area contributed by atoms with E-state index in [-0.39, 0.29) is 35.3 Å². The standard InChI is InChI=1S/C20H21FN2O5S/c1-11-4-5-14(8-15(11)21)22-19(24)7-13(3)29(26,27)18-9-17-16(6-12(18)2)23-20(25)10-28-17/h4-6,8-9,13H,7,10H2,1-3H3,(H,22,24)(H,23,25)/t13-/m1/s1. The molecule has 1 aliphatic rings. The Hall–Kier alpha value is -2.94. The molecule has 0 saturated carbocycles. The van der Waals surface area contributed by atoms with Crippen molar-refractivity contribution in [2.24, 2.45) is 0 Å². The summed E-state index contributed by atoms with van der Waals surface area (Å²) in [6.45, 7) is 4.45. The van der Waals surface area contributed by atoms with Gasteiger partial charge in [-0.15, -0.1) is 0 Å². The fourth-order valence-corrected chi connectivity index (χ4v) is 4.58. The highest BCUT2D eigenvalue weighted by Gasteiger charge is 2.29. The summed E-state index contributed by atoms with van der Waals surface area (Å²) in [5, 5.41) is 4.12. The molecule has 1 atom stereocenters. The minimum absolute atomic E-state index is 0.0362. The number of ether oxygens (including phenoxy) is 1. The van der Waals surface area contributed by atoms with Crippen LogP contribution in [-0.4, -0.2) is 32.1 Å². The van der Waals surface area contributed by atoms with Gasteiger partial charge in [0.15, 0.2) is 16.4 Å². The first kappa shape index (κ1) is 20.8. The molecule has 2 aromatic rings. The van der Waals surface area contributed by atoms with Crippen LogP contribution in [0.2, 0.25) is 0 Å². The topological polar surface area (TPSA) is 102 Å². The minimum atomic E-state index is -3.85. The first-order chi connectivity index (χ1) is 13.6. The maximum Gasteiger partial charge on any atom is 0.262 e. The monoisotopic (exact) mass is 420 g/mol. The molecule has 154 valence electrons. The van der Waals surface area contributed by atoms with E-state index in [9.17, 15) is 22.4 Å². The number of fused-ring (bicyclic) bond motifs is 1. The molecule has 0 saturated heterocycles. The quantitative estimate of drug-likeness (QED) is 0.774. The molecule has 9 heteroatoms. The molecule has 7 nitrogen and oxygen atoms in total. The second-order valence-corrected chi connectivity index (χ2v) is 9.36. The predicted molar refractivity (Wildman–Crippen MR) is 106 cm³/mol. The van der Waals surface area contributed by atoms with Crippen molar-refractivity contribution < 1.29 is 27.1 Å². The van der Waals surface area contributed by atoms with Crippen molar-refractivity contribution in [1.82, 2.24) is 0 Å². The van der Waals surface area contributed by atoms with Crippen molar-refractivity contribution in [3.05, 3.63) is 47.3 Å². The number of amides is 2. The SMILES string of the molecule is Cc1ccc(NC(=O)C[C@@H](C)S(=O)(=O)c2cc3c(cc2C)NC(=O)CO3)cc1F. The molecule has 0 unspecified atom stereocenters. The molecule has 0 aromatic heterocycles. The largest absolute Gasteiger partial charge is 0.482 e. The maximum atomic E-state index is 13.6. The summed E-state index contributed by atoms with van der Waals surface area (Å²) in [5.41, 5.74) is 1.55. The molecule has 0 aliphatic carbocycles. The summed E-state index contributed by atoms with van der Waals surface area (Å²) in [6, 6.07) is 7.16. The second-order valence-electron chi connectivity index (χ2n) is 7.02. The van der Waals surface area contributed by atoms with Crippen LogP contribution < -0.4 is 15.4 Å². The number of carbonyl (C=O) groups excluding carboxylic acids is 2. The average molecular weight is 420 g/mol. The van der Waals surface area contributed by atoms with E-state index in [4.69, 9.17) is 4.74 Å². The van der Waals surface area contributed by atoms with E-state index >= 15 is 0 Å². The lowest BCUT2D eigenvalue weighted by atomic mass is 10.2. The summed E-state index contributed by atoms with van der Waals surface area (Å²) in [7, 11) is -3.85. The van der Waals surface area contributed by atoms with Gasteiger partial charge in [-0.2, -0.15) is 0 Å². The fourth-order valence-electron chi connectivity index (χ4n) is 2.99. The molecule has 1 heterocycles. The lowest BCUT2D eigenvalue weighted by molar-refractivity contribution is -0.118. The third kappa shape index (κ3) is 4.40. The van der Waals surface area contributed by atoms with E-state index in [0.717, 1.165) is 0 Å². The Morgan fingerprint density at radius 1 is 1.24 bits per heavy atom. The van der Waals surface area contributed by atoms with E-state index < -0.39 is 26.8 Å². The number of rotatable bonds is 5. The van der Waals surface area contributed by atoms with Gasteiger partial charge in [-0.25, -0.2) is 12.8 Å². The number of benzene rings is 2. The van der Waals surface area contributed by atoms with Crippen molar-refractivity contribution in [1.29, 1.82) is 0 Å². The molecule has 0 bridgehead atoms. The lowest BCUT2D eigenvalue weighted by Crippen LogP contribution is -2.27. The van der Waals surface area contributed by atoms with Gasteiger partial charge in [-0.1, -0.05) is 6.07 Å². The van der Waals surface area contributed by atoms with Gasteiger partial charge in [0.1, 0.15) is 11.6 Å². The Balaban J connectivity index is 1.77. The van der Waals surface area contributed by atoms with Gasteiger partial charge < -0.3 is 15.4 Å². The zero-order valence-corrected chi connectivity index (χ0v) is 17.0. The number of hydrogen-bond acceptors (Lipinski definition) is 5. The summed E-state index contributed by atoms with van der Waals surface area (Å²) in [5.74, 6) is -1.05. The number of sulfone groups is 1. The predicted octanol–water partition coefficient (Wildman–Crippen LogP) is 2.96. The minimum Gasteiger partial charge on any atom is -0.482 e. The van der Waals surface area contributed by atoms with Gasteiger partial charge >= 0.3 is 0 Å². The Morgan fingerprint density at radius 2 is 1.97 bits per heavy atom. The Bertz CT molecular complexity index is 1100. The smallest absolute Gasteiger partial charge is 0.262 e. The Morgan fingerprint density at radius 3 is 2.66 bits per heavy atom. The Labute approximate surface area is 168 Å². The van der Waals surface area contributed by atoms with Crippen molar-refractivity contribution in [3.63, 3.8) is 0 Å². The molecule has 0 fully saturated rings. The van der Waals surface area contributed by atoms with Crippen LogP contribution in [0.15, 0.2) is 35.2 Å². The van der Waals surface area contributed by atoms with E-state index in [1.807, 2.05) is 0 Å². The van der Waals surface area contributed by atoms with Crippen LogP contribution in [0.1, 0.15) is 24.5 Å². The summed E-state index contributed by atoms with van der Waals surface area (Å²) in [6.07, 6.45) is -0.300. The number of nitrogens with one attached hydrogen (secondary N) is 2. The van der Waals surface area contributed by atoms with Gasteiger partial charge in [-0.05, 0) is 50.1 Å². The van der Waals surface area contributed by atoms with Gasteiger partial charge in [0.05, 0.1) is 15.8 Å².